The molecule has 2 bridgehead atoms. The Bertz CT molecular complexity index is 488. The van der Waals surface area contributed by atoms with Crippen molar-refractivity contribution in [1.29, 1.82) is 0 Å². The molecular formula is C17H24N2O2. The van der Waals surface area contributed by atoms with E-state index in [-0.39, 0.29) is 0 Å². The zero-order valence-corrected chi connectivity index (χ0v) is 12.6. The van der Waals surface area contributed by atoms with Gasteiger partial charge in [-0.3, -0.25) is 4.90 Å². The molecule has 0 aromatic heterocycles. The summed E-state index contributed by atoms with van der Waals surface area (Å²) in [5.74, 6) is -0.858. The van der Waals surface area contributed by atoms with Crippen LogP contribution in [0.2, 0.25) is 0 Å². The lowest BCUT2D eigenvalue weighted by atomic mass is 9.97. The number of aromatic carboxylic acids is 1. The minimum Gasteiger partial charge on any atom is -0.478 e. The Labute approximate surface area is 126 Å². The number of benzene rings is 1. The van der Waals surface area contributed by atoms with Crippen LogP contribution in [0.25, 0.3) is 0 Å². The molecule has 1 aromatic rings. The van der Waals surface area contributed by atoms with Crippen molar-refractivity contribution in [2.75, 3.05) is 6.54 Å². The molecule has 4 heteroatoms. The molecule has 3 rings (SSSR count). The summed E-state index contributed by atoms with van der Waals surface area (Å²) < 4.78 is 0. The molecule has 2 N–H and O–H groups in total. The Morgan fingerprint density at radius 1 is 1.24 bits per heavy atom. The molecule has 2 unspecified atom stereocenters. The maximum Gasteiger partial charge on any atom is 0.335 e. The molecule has 1 aromatic carbocycles. The topological polar surface area (TPSA) is 52.6 Å². The number of rotatable bonds is 5. The number of hydrogen-bond donors (Lipinski definition) is 2. The molecule has 0 amide bonds. The van der Waals surface area contributed by atoms with Crippen LogP contribution in [0, 0.1) is 0 Å². The first kappa shape index (κ1) is 14.5. The summed E-state index contributed by atoms with van der Waals surface area (Å²) in [6.45, 7) is 4.18. The minimum absolute atomic E-state index is 0.363. The van der Waals surface area contributed by atoms with E-state index in [4.69, 9.17) is 5.11 Å². The fraction of sp³-hybridized carbons (Fsp3) is 0.588. The van der Waals surface area contributed by atoms with E-state index in [1.54, 1.807) is 12.1 Å². The molecule has 0 aliphatic carbocycles. The van der Waals surface area contributed by atoms with E-state index < -0.39 is 5.97 Å². The minimum atomic E-state index is -0.858. The number of nitrogens with zero attached hydrogens (tertiary/aromatic N) is 1. The Morgan fingerprint density at radius 2 is 1.86 bits per heavy atom. The lowest BCUT2D eigenvalue weighted by molar-refractivity contribution is 0.0697. The zero-order chi connectivity index (χ0) is 14.8. The van der Waals surface area contributed by atoms with Crippen molar-refractivity contribution in [1.82, 2.24) is 10.2 Å². The van der Waals surface area contributed by atoms with Gasteiger partial charge in [-0.05, 0) is 49.9 Å². The Kier molecular flexibility index (Phi) is 4.27. The normalized spacial score (nSPS) is 28.0. The summed E-state index contributed by atoms with van der Waals surface area (Å²) >= 11 is 0. The summed E-state index contributed by atoms with van der Waals surface area (Å²) in [5.41, 5.74) is 1.56. The molecule has 114 valence electrons. The fourth-order valence-electron chi connectivity index (χ4n) is 3.81. The maximum atomic E-state index is 10.9. The van der Waals surface area contributed by atoms with Gasteiger partial charge in [0, 0.05) is 24.7 Å². The Hall–Kier alpha value is -1.39. The second-order valence-corrected chi connectivity index (χ2v) is 6.33. The van der Waals surface area contributed by atoms with Crippen LogP contribution < -0.4 is 5.32 Å². The van der Waals surface area contributed by atoms with Crippen molar-refractivity contribution in [2.45, 2.75) is 57.3 Å². The second kappa shape index (κ2) is 6.16. The predicted octanol–water partition coefficient (Wildman–Crippen LogP) is 2.49. The van der Waals surface area contributed by atoms with Crippen molar-refractivity contribution >= 4 is 5.97 Å². The first-order valence-corrected chi connectivity index (χ1v) is 7.98. The van der Waals surface area contributed by atoms with Crippen LogP contribution in [-0.4, -0.2) is 40.6 Å². The van der Waals surface area contributed by atoms with Gasteiger partial charge in [0.1, 0.15) is 0 Å². The highest BCUT2D eigenvalue weighted by atomic mass is 16.4. The van der Waals surface area contributed by atoms with Gasteiger partial charge >= 0.3 is 5.97 Å². The lowest BCUT2D eigenvalue weighted by Gasteiger charge is -2.37. The number of carboxylic acids is 1. The van der Waals surface area contributed by atoms with Gasteiger partial charge in [-0.15, -0.1) is 0 Å². The van der Waals surface area contributed by atoms with Crippen LogP contribution in [0.5, 0.6) is 0 Å². The van der Waals surface area contributed by atoms with Crippen molar-refractivity contribution in [3.05, 3.63) is 35.4 Å². The van der Waals surface area contributed by atoms with Gasteiger partial charge in [-0.2, -0.15) is 0 Å². The van der Waals surface area contributed by atoms with Gasteiger partial charge in [-0.25, -0.2) is 4.79 Å². The van der Waals surface area contributed by atoms with Gasteiger partial charge in [0.2, 0.25) is 0 Å². The number of piperidine rings is 1. The summed E-state index contributed by atoms with van der Waals surface area (Å²) in [7, 11) is 0. The smallest absolute Gasteiger partial charge is 0.335 e. The number of hydrogen-bond acceptors (Lipinski definition) is 3. The molecule has 2 heterocycles. The molecule has 2 aliphatic rings. The van der Waals surface area contributed by atoms with Gasteiger partial charge in [0.15, 0.2) is 0 Å². The van der Waals surface area contributed by atoms with E-state index in [0.29, 0.717) is 23.7 Å². The highest BCUT2D eigenvalue weighted by Gasteiger charge is 2.35. The predicted molar refractivity (Wildman–Crippen MR) is 82.5 cm³/mol. The quantitative estimate of drug-likeness (QED) is 0.874. The van der Waals surface area contributed by atoms with Gasteiger partial charge < -0.3 is 10.4 Å². The summed E-state index contributed by atoms with van der Waals surface area (Å²) in [6.07, 6.45) is 5.15. The third-order valence-corrected chi connectivity index (χ3v) is 4.96. The molecule has 4 nitrogen and oxygen atoms in total. The number of fused-ring (bicyclic) bond motifs is 2. The number of nitrogens with one attached hydrogen (secondary N) is 1. The number of carbonyl (C=O) groups is 1. The Morgan fingerprint density at radius 3 is 2.38 bits per heavy atom. The number of carboxylic acid groups (broad SMARTS) is 1. The molecule has 2 atom stereocenters. The van der Waals surface area contributed by atoms with Crippen molar-refractivity contribution in [3.63, 3.8) is 0 Å². The fourth-order valence-corrected chi connectivity index (χ4v) is 3.81. The molecular weight excluding hydrogens is 264 g/mol. The van der Waals surface area contributed by atoms with E-state index in [1.807, 2.05) is 12.1 Å². The van der Waals surface area contributed by atoms with E-state index >= 15 is 0 Å². The molecule has 0 saturated carbocycles. The molecule has 21 heavy (non-hydrogen) atoms. The van der Waals surface area contributed by atoms with Crippen molar-refractivity contribution in [2.24, 2.45) is 0 Å². The second-order valence-electron chi connectivity index (χ2n) is 6.33. The van der Waals surface area contributed by atoms with E-state index in [2.05, 4.69) is 17.1 Å². The standard InChI is InChI=1S/C17H24N2O2/c1-2-19(16-9-14-7-8-15(10-16)18-14)11-12-3-5-13(6-4-12)17(20)21/h3-6,14-16,18H,2,7-11H2,1H3,(H,20,21). The van der Waals surface area contributed by atoms with Crippen LogP contribution in [-0.2, 0) is 6.54 Å². The third-order valence-electron chi connectivity index (χ3n) is 4.96. The monoisotopic (exact) mass is 288 g/mol. The van der Waals surface area contributed by atoms with Crippen LogP contribution >= 0.6 is 0 Å². The van der Waals surface area contributed by atoms with Crippen LogP contribution in [0.4, 0.5) is 0 Å². The van der Waals surface area contributed by atoms with E-state index in [9.17, 15) is 4.79 Å². The van der Waals surface area contributed by atoms with Gasteiger partial charge in [-0.1, -0.05) is 19.1 Å². The molecule has 2 fully saturated rings. The van der Waals surface area contributed by atoms with E-state index in [1.165, 1.54) is 31.2 Å². The first-order chi connectivity index (χ1) is 10.2. The maximum absolute atomic E-state index is 10.9. The van der Waals surface area contributed by atoms with Crippen molar-refractivity contribution < 1.29 is 9.90 Å². The summed E-state index contributed by atoms with van der Waals surface area (Å²) in [6, 6.07) is 9.38. The molecule has 0 spiro atoms. The van der Waals surface area contributed by atoms with Gasteiger partial charge in [0.05, 0.1) is 5.56 Å². The van der Waals surface area contributed by atoms with E-state index in [0.717, 1.165) is 13.1 Å². The highest BCUT2D eigenvalue weighted by molar-refractivity contribution is 5.87. The average Bonchev–Trinajstić information content (AvgIpc) is 2.83. The highest BCUT2D eigenvalue weighted by Crippen LogP contribution is 2.30. The third kappa shape index (κ3) is 3.27. The first-order valence-electron chi connectivity index (χ1n) is 7.98. The SMILES string of the molecule is CCN(Cc1ccc(C(=O)O)cc1)C1CC2CCC(C1)N2. The Balaban J connectivity index is 1.65. The zero-order valence-electron chi connectivity index (χ0n) is 12.6. The van der Waals surface area contributed by atoms with Crippen LogP contribution in [0.1, 0.15) is 48.5 Å². The average molecular weight is 288 g/mol. The van der Waals surface area contributed by atoms with Crippen molar-refractivity contribution in [3.8, 4) is 0 Å². The largest absolute Gasteiger partial charge is 0.478 e. The van der Waals surface area contributed by atoms with Gasteiger partial charge in [0.25, 0.3) is 0 Å². The summed E-state index contributed by atoms with van der Waals surface area (Å²) in [5, 5.41) is 12.6. The molecule has 0 radical (unpaired) electrons. The molecule has 2 aliphatic heterocycles. The molecule has 2 saturated heterocycles. The summed E-state index contributed by atoms with van der Waals surface area (Å²) in [4.78, 5) is 13.4. The van der Waals surface area contributed by atoms with Crippen LogP contribution in [0.3, 0.4) is 0 Å². The van der Waals surface area contributed by atoms with Crippen LogP contribution in [0.15, 0.2) is 24.3 Å². The lowest BCUT2D eigenvalue weighted by Crippen LogP contribution is -2.47.